The van der Waals surface area contributed by atoms with E-state index < -0.39 is 16.6 Å². The minimum absolute atomic E-state index is 0.133. The third kappa shape index (κ3) is 7.19. The number of carbonyl (C=O) groups is 2. The molecule has 1 unspecified atom stereocenters. The molecular formula is C33H40N6O3S. The molecule has 1 atom stereocenters. The number of benzene rings is 2. The van der Waals surface area contributed by atoms with Crippen molar-refractivity contribution in [2.45, 2.75) is 58.9 Å². The van der Waals surface area contributed by atoms with Crippen LogP contribution in [0.4, 0.5) is 4.79 Å². The minimum Gasteiger partial charge on any atom is -0.444 e. The normalized spacial score (nSPS) is 12.9. The van der Waals surface area contributed by atoms with Gasteiger partial charge in [-0.25, -0.2) is 14.8 Å². The first kappa shape index (κ1) is 31.6. The van der Waals surface area contributed by atoms with E-state index in [0.717, 1.165) is 51.4 Å². The molecule has 0 aliphatic rings. The summed E-state index contributed by atoms with van der Waals surface area (Å²) in [5.41, 5.74) is 6.75. The lowest BCUT2D eigenvalue weighted by Crippen LogP contribution is -2.44. The number of hydrogen-bond acceptors (Lipinski definition) is 6. The Bertz CT molecular complexity index is 1590. The second kappa shape index (κ2) is 12.9. The SMILES string of the molecule is CSC(NC=O)(c1ncc(-c2ccc(-c3ccc(-c4cnc(C(NC(=O)OC(C)(C)C)=C(C)C)[nH]4)cc3)cc2)[nH]1)C(C)C. The Labute approximate surface area is 257 Å². The molecule has 10 heteroatoms. The Balaban J connectivity index is 1.49. The molecule has 0 spiro atoms. The molecule has 0 radical (unpaired) electrons. The van der Waals surface area contributed by atoms with Crippen LogP contribution >= 0.6 is 11.8 Å². The molecular weight excluding hydrogens is 560 g/mol. The van der Waals surface area contributed by atoms with Crippen molar-refractivity contribution in [2.24, 2.45) is 5.92 Å². The average molecular weight is 601 g/mol. The Hall–Kier alpha value is -4.31. The quantitative estimate of drug-likeness (QED) is 0.112. The van der Waals surface area contributed by atoms with E-state index in [2.05, 4.69) is 80.8 Å². The van der Waals surface area contributed by atoms with Gasteiger partial charge >= 0.3 is 6.09 Å². The zero-order valence-corrected chi connectivity index (χ0v) is 26.8. The molecule has 0 saturated carbocycles. The van der Waals surface area contributed by atoms with Crippen molar-refractivity contribution in [3.63, 3.8) is 0 Å². The number of amides is 2. The van der Waals surface area contributed by atoms with Crippen LogP contribution in [0.25, 0.3) is 39.3 Å². The van der Waals surface area contributed by atoms with Crippen LogP contribution in [-0.4, -0.2) is 44.3 Å². The van der Waals surface area contributed by atoms with E-state index in [-0.39, 0.29) is 5.92 Å². The zero-order chi connectivity index (χ0) is 31.4. The first-order chi connectivity index (χ1) is 20.4. The maximum absolute atomic E-state index is 12.4. The second-order valence-electron chi connectivity index (χ2n) is 11.8. The van der Waals surface area contributed by atoms with Crippen molar-refractivity contribution in [2.75, 3.05) is 6.26 Å². The lowest BCUT2D eigenvalue weighted by atomic mass is 10.0. The number of aromatic nitrogens is 4. The van der Waals surface area contributed by atoms with Crippen molar-refractivity contribution in [3.05, 3.63) is 78.1 Å². The summed E-state index contributed by atoms with van der Waals surface area (Å²) < 4.78 is 5.41. The monoisotopic (exact) mass is 600 g/mol. The van der Waals surface area contributed by atoms with Crippen molar-refractivity contribution < 1.29 is 14.3 Å². The number of aromatic amines is 2. The Morgan fingerprint density at radius 3 is 1.86 bits per heavy atom. The summed E-state index contributed by atoms with van der Waals surface area (Å²) in [5.74, 6) is 1.41. The number of allylic oxidation sites excluding steroid dienone is 1. The summed E-state index contributed by atoms with van der Waals surface area (Å²) in [6.45, 7) is 13.4. The number of carbonyl (C=O) groups excluding carboxylic acids is 2. The van der Waals surface area contributed by atoms with Gasteiger partial charge in [-0.15, -0.1) is 11.8 Å². The van der Waals surface area contributed by atoms with E-state index in [9.17, 15) is 9.59 Å². The highest BCUT2D eigenvalue weighted by Crippen LogP contribution is 2.38. The van der Waals surface area contributed by atoms with Gasteiger partial charge in [-0.3, -0.25) is 10.1 Å². The maximum atomic E-state index is 12.4. The fourth-order valence-corrected chi connectivity index (χ4v) is 5.68. The number of imidazole rings is 2. The highest BCUT2D eigenvalue weighted by Gasteiger charge is 2.37. The van der Waals surface area contributed by atoms with Gasteiger partial charge in [0.1, 0.15) is 16.3 Å². The Kier molecular flexibility index (Phi) is 9.49. The topological polar surface area (TPSA) is 125 Å². The van der Waals surface area contributed by atoms with Crippen LogP contribution in [0.5, 0.6) is 0 Å². The van der Waals surface area contributed by atoms with Crippen LogP contribution in [0.15, 0.2) is 66.5 Å². The van der Waals surface area contributed by atoms with Gasteiger partial charge in [-0.1, -0.05) is 62.4 Å². The molecule has 0 fully saturated rings. The third-order valence-electron chi connectivity index (χ3n) is 7.00. The third-order valence-corrected chi connectivity index (χ3v) is 8.43. The Morgan fingerprint density at radius 2 is 1.40 bits per heavy atom. The molecule has 9 nitrogen and oxygen atoms in total. The predicted molar refractivity (Wildman–Crippen MR) is 174 cm³/mol. The first-order valence-electron chi connectivity index (χ1n) is 14.1. The number of thioether (sulfide) groups is 1. The number of ether oxygens (including phenoxy) is 1. The molecule has 4 rings (SSSR count). The van der Waals surface area contributed by atoms with Gasteiger partial charge in [-0.2, -0.15) is 0 Å². The number of nitrogens with zero attached hydrogens (tertiary/aromatic N) is 2. The molecule has 0 saturated heterocycles. The standard InChI is InChI=1S/C33H40N6O3S/c1-20(2)28(39-31(41)42-32(5,6)7)29-34-17-26(37-29)24-13-9-22(10-14-24)23-11-15-25(16-12-23)27-18-35-30(38-27)33(43-8,21(3)4)36-19-40/h9-19,21H,1-8H3,(H,34,37)(H,35,38)(H,36,40)(H,39,41). The molecule has 2 heterocycles. The summed E-state index contributed by atoms with van der Waals surface area (Å²) >= 11 is 1.55. The molecule has 2 aromatic carbocycles. The summed E-state index contributed by atoms with van der Waals surface area (Å²) in [6.07, 6.45) is 5.74. The first-order valence-corrected chi connectivity index (χ1v) is 15.4. The van der Waals surface area contributed by atoms with Crippen molar-refractivity contribution in [1.82, 2.24) is 30.6 Å². The van der Waals surface area contributed by atoms with Crippen molar-refractivity contribution in [1.29, 1.82) is 0 Å². The van der Waals surface area contributed by atoms with Crippen LogP contribution in [-0.2, 0) is 14.4 Å². The zero-order valence-electron chi connectivity index (χ0n) is 26.0. The minimum atomic E-state index is -0.626. The Morgan fingerprint density at radius 1 is 0.884 bits per heavy atom. The van der Waals surface area contributed by atoms with E-state index in [4.69, 9.17) is 4.74 Å². The van der Waals surface area contributed by atoms with Crippen LogP contribution in [0, 0.1) is 5.92 Å². The number of nitrogens with one attached hydrogen (secondary N) is 4. The molecule has 0 aliphatic heterocycles. The van der Waals surface area contributed by atoms with E-state index in [1.54, 1.807) is 24.2 Å². The molecule has 2 aromatic heterocycles. The highest BCUT2D eigenvalue weighted by atomic mass is 32.2. The second-order valence-corrected chi connectivity index (χ2v) is 12.9. The summed E-state index contributed by atoms with van der Waals surface area (Å²) in [4.78, 5) is 38.9. The molecule has 226 valence electrons. The average Bonchev–Trinajstić information content (AvgIpc) is 3.65. The smallest absolute Gasteiger partial charge is 0.412 e. The van der Waals surface area contributed by atoms with Gasteiger partial charge in [-0.05, 0) is 74.6 Å². The number of hydrogen-bond donors (Lipinski definition) is 4. The van der Waals surface area contributed by atoms with E-state index >= 15 is 0 Å². The fraction of sp³-hybridized carbons (Fsp3) is 0.333. The van der Waals surface area contributed by atoms with Gasteiger partial charge in [0.05, 0.1) is 29.5 Å². The molecule has 4 aromatic rings. The maximum Gasteiger partial charge on any atom is 0.412 e. The van der Waals surface area contributed by atoms with Crippen LogP contribution in [0.2, 0.25) is 0 Å². The van der Waals surface area contributed by atoms with Gasteiger partial charge in [0, 0.05) is 0 Å². The number of alkyl carbamates (subject to hydrolysis) is 1. The van der Waals surface area contributed by atoms with Gasteiger partial charge in [0.15, 0.2) is 5.82 Å². The lowest BCUT2D eigenvalue weighted by Gasteiger charge is -2.33. The number of H-pyrrole nitrogens is 2. The van der Waals surface area contributed by atoms with E-state index in [0.29, 0.717) is 11.5 Å². The van der Waals surface area contributed by atoms with Crippen molar-refractivity contribution in [3.8, 4) is 33.6 Å². The van der Waals surface area contributed by atoms with Gasteiger partial charge in [0.2, 0.25) is 6.41 Å². The van der Waals surface area contributed by atoms with Gasteiger partial charge in [0.25, 0.3) is 0 Å². The molecule has 43 heavy (non-hydrogen) atoms. The largest absolute Gasteiger partial charge is 0.444 e. The van der Waals surface area contributed by atoms with Crippen LogP contribution in [0.1, 0.15) is 60.1 Å². The van der Waals surface area contributed by atoms with E-state index in [1.807, 2.05) is 53.0 Å². The fourth-order valence-electron chi connectivity index (χ4n) is 4.75. The van der Waals surface area contributed by atoms with Crippen LogP contribution < -0.4 is 10.6 Å². The molecule has 2 amide bonds. The van der Waals surface area contributed by atoms with Gasteiger partial charge < -0.3 is 20.0 Å². The highest BCUT2D eigenvalue weighted by molar-refractivity contribution is 7.99. The van der Waals surface area contributed by atoms with E-state index in [1.165, 1.54) is 0 Å². The van der Waals surface area contributed by atoms with Crippen LogP contribution in [0.3, 0.4) is 0 Å². The summed E-state index contributed by atoms with van der Waals surface area (Å²) in [6, 6.07) is 16.5. The molecule has 0 aliphatic carbocycles. The summed E-state index contributed by atoms with van der Waals surface area (Å²) in [5, 5.41) is 5.78. The summed E-state index contributed by atoms with van der Waals surface area (Å²) in [7, 11) is 0. The molecule has 4 N–H and O–H groups in total. The van der Waals surface area contributed by atoms with Crippen molar-refractivity contribution >= 4 is 30.0 Å². The molecule has 0 bridgehead atoms. The lowest BCUT2D eigenvalue weighted by molar-refractivity contribution is -0.110. The number of rotatable bonds is 10. The predicted octanol–water partition coefficient (Wildman–Crippen LogP) is 7.33.